The lowest BCUT2D eigenvalue weighted by atomic mass is 10.0. The van der Waals surface area contributed by atoms with Crippen LogP contribution >= 0.6 is 39.5 Å². The highest BCUT2D eigenvalue weighted by Gasteiger charge is 2.07. The predicted octanol–water partition coefficient (Wildman–Crippen LogP) is 4.91. The number of rotatable bonds is 4. The number of benzene rings is 2. The third kappa shape index (κ3) is 3.10. The number of thiophene rings is 1. The van der Waals surface area contributed by atoms with E-state index in [0.717, 1.165) is 32.4 Å². The quantitative estimate of drug-likeness (QED) is 0.635. The van der Waals surface area contributed by atoms with Crippen LogP contribution in [0.15, 0.2) is 52.3 Å². The lowest BCUT2D eigenvalue weighted by molar-refractivity contribution is 1.20. The first kappa shape index (κ1) is 14.5. The van der Waals surface area contributed by atoms with Gasteiger partial charge in [-0.05, 0) is 45.6 Å². The van der Waals surface area contributed by atoms with E-state index in [1.165, 1.54) is 4.88 Å². The van der Waals surface area contributed by atoms with Crippen LogP contribution in [0.4, 0.5) is 5.69 Å². The number of anilines is 1. The molecule has 0 fully saturated rings. The summed E-state index contributed by atoms with van der Waals surface area (Å²) >= 11 is 10.4. The van der Waals surface area contributed by atoms with Gasteiger partial charge in [0.1, 0.15) is 4.99 Å². The Labute approximate surface area is 141 Å². The van der Waals surface area contributed by atoms with E-state index in [0.29, 0.717) is 4.99 Å². The molecule has 0 saturated carbocycles. The second-order valence-electron chi connectivity index (χ2n) is 4.63. The Morgan fingerprint density at radius 3 is 2.52 bits per heavy atom. The van der Waals surface area contributed by atoms with Crippen LogP contribution in [-0.2, 0) is 6.54 Å². The Kier molecular flexibility index (Phi) is 4.24. The van der Waals surface area contributed by atoms with Crippen LogP contribution in [0, 0.1) is 0 Å². The number of thiocarbonyl (C=S) groups is 1. The summed E-state index contributed by atoms with van der Waals surface area (Å²) in [7, 11) is 0. The van der Waals surface area contributed by atoms with Gasteiger partial charge in [0.15, 0.2) is 0 Å². The summed E-state index contributed by atoms with van der Waals surface area (Å²) in [5, 5.41) is 5.71. The third-order valence-corrected chi connectivity index (χ3v) is 5.12. The van der Waals surface area contributed by atoms with E-state index in [1.807, 2.05) is 24.3 Å². The van der Waals surface area contributed by atoms with Crippen LogP contribution in [0.3, 0.4) is 0 Å². The molecule has 1 aromatic heterocycles. The van der Waals surface area contributed by atoms with Crippen molar-refractivity contribution in [3.05, 3.63) is 62.8 Å². The molecule has 0 aliphatic heterocycles. The average molecular weight is 377 g/mol. The molecule has 2 aromatic carbocycles. The van der Waals surface area contributed by atoms with E-state index in [1.54, 1.807) is 11.3 Å². The zero-order valence-electron chi connectivity index (χ0n) is 11.1. The second-order valence-corrected chi connectivity index (χ2v) is 7.62. The van der Waals surface area contributed by atoms with Gasteiger partial charge in [0.2, 0.25) is 0 Å². The molecule has 3 aromatic rings. The molecule has 0 unspecified atom stereocenters. The molecule has 5 heteroatoms. The summed E-state index contributed by atoms with van der Waals surface area (Å²) in [5.41, 5.74) is 7.82. The van der Waals surface area contributed by atoms with E-state index in [9.17, 15) is 0 Å². The molecule has 3 rings (SSSR count). The monoisotopic (exact) mass is 376 g/mol. The number of hydrogen-bond donors (Lipinski definition) is 2. The Bertz CT molecular complexity index is 811. The van der Waals surface area contributed by atoms with Crippen molar-refractivity contribution >= 4 is 60.9 Å². The van der Waals surface area contributed by atoms with Crippen LogP contribution in [0.25, 0.3) is 10.8 Å². The molecule has 21 heavy (non-hydrogen) atoms. The van der Waals surface area contributed by atoms with Gasteiger partial charge in [0.05, 0.1) is 3.79 Å². The number of nitrogens with one attached hydrogen (secondary N) is 1. The van der Waals surface area contributed by atoms with E-state index in [4.69, 9.17) is 18.0 Å². The fourth-order valence-electron chi connectivity index (χ4n) is 2.30. The molecule has 0 aliphatic rings. The summed E-state index contributed by atoms with van der Waals surface area (Å²) in [6.07, 6.45) is 0. The summed E-state index contributed by atoms with van der Waals surface area (Å²) in [6.45, 7) is 0.798. The molecule has 0 saturated heterocycles. The van der Waals surface area contributed by atoms with Crippen molar-refractivity contribution in [1.29, 1.82) is 0 Å². The van der Waals surface area contributed by atoms with Crippen molar-refractivity contribution in [3.8, 4) is 0 Å². The van der Waals surface area contributed by atoms with Crippen LogP contribution in [0.2, 0.25) is 0 Å². The molecule has 106 valence electrons. The van der Waals surface area contributed by atoms with E-state index >= 15 is 0 Å². The first-order chi connectivity index (χ1) is 10.1. The van der Waals surface area contributed by atoms with Crippen molar-refractivity contribution in [1.82, 2.24) is 0 Å². The molecule has 0 bridgehead atoms. The number of halogens is 1. The maximum Gasteiger partial charge on any atom is 0.104 e. The zero-order chi connectivity index (χ0) is 14.8. The van der Waals surface area contributed by atoms with E-state index in [2.05, 4.69) is 45.5 Å². The van der Waals surface area contributed by atoms with Crippen LogP contribution in [0.5, 0.6) is 0 Å². The molecule has 0 amide bonds. The lowest BCUT2D eigenvalue weighted by Crippen LogP contribution is -2.10. The van der Waals surface area contributed by atoms with Gasteiger partial charge in [-0.1, -0.05) is 36.5 Å². The standard InChI is InChI=1S/C16H13BrN2S2/c17-15-8-5-10(21-15)9-19-14-7-6-13(16(18)20)11-3-1-2-4-12(11)14/h1-8,19H,9H2,(H2,18,20). The van der Waals surface area contributed by atoms with Gasteiger partial charge in [-0.25, -0.2) is 0 Å². The van der Waals surface area contributed by atoms with Gasteiger partial charge < -0.3 is 11.1 Å². The maximum absolute atomic E-state index is 5.81. The van der Waals surface area contributed by atoms with Crippen LogP contribution in [-0.4, -0.2) is 4.99 Å². The lowest BCUT2D eigenvalue weighted by Gasteiger charge is -2.12. The molecular formula is C16H13BrN2S2. The molecule has 3 N–H and O–H groups in total. The van der Waals surface area contributed by atoms with Crippen molar-refractivity contribution in [2.75, 3.05) is 5.32 Å². The minimum atomic E-state index is 0.430. The van der Waals surface area contributed by atoms with Gasteiger partial charge in [0.25, 0.3) is 0 Å². The summed E-state index contributed by atoms with van der Waals surface area (Å²) in [6, 6.07) is 16.4. The normalized spacial score (nSPS) is 10.7. The van der Waals surface area contributed by atoms with Gasteiger partial charge in [0, 0.05) is 28.1 Å². The molecule has 0 atom stereocenters. The fourth-order valence-corrected chi connectivity index (χ4v) is 3.90. The first-order valence-corrected chi connectivity index (χ1v) is 8.46. The largest absolute Gasteiger partial charge is 0.389 e. The predicted molar refractivity (Wildman–Crippen MR) is 99.2 cm³/mol. The van der Waals surface area contributed by atoms with E-state index < -0.39 is 0 Å². The molecule has 1 heterocycles. The molecule has 0 radical (unpaired) electrons. The Morgan fingerprint density at radius 1 is 1.10 bits per heavy atom. The minimum Gasteiger partial charge on any atom is -0.389 e. The van der Waals surface area contributed by atoms with Gasteiger partial charge in [-0.3, -0.25) is 0 Å². The maximum atomic E-state index is 5.81. The van der Waals surface area contributed by atoms with E-state index in [-0.39, 0.29) is 0 Å². The molecule has 2 nitrogen and oxygen atoms in total. The average Bonchev–Trinajstić information content (AvgIpc) is 2.90. The number of fused-ring (bicyclic) bond motifs is 1. The van der Waals surface area contributed by atoms with Crippen LogP contribution < -0.4 is 11.1 Å². The van der Waals surface area contributed by atoms with Crippen molar-refractivity contribution < 1.29 is 0 Å². The Hall–Kier alpha value is -1.43. The molecular weight excluding hydrogens is 364 g/mol. The smallest absolute Gasteiger partial charge is 0.104 e. The summed E-state index contributed by atoms with van der Waals surface area (Å²) < 4.78 is 1.15. The fraction of sp³-hybridized carbons (Fsp3) is 0.0625. The summed E-state index contributed by atoms with van der Waals surface area (Å²) in [5.74, 6) is 0. The molecule has 0 aliphatic carbocycles. The first-order valence-electron chi connectivity index (χ1n) is 6.45. The second kappa shape index (κ2) is 6.13. The van der Waals surface area contributed by atoms with Gasteiger partial charge in [-0.2, -0.15) is 0 Å². The highest BCUT2D eigenvalue weighted by atomic mass is 79.9. The zero-order valence-corrected chi connectivity index (χ0v) is 14.3. The number of nitrogens with two attached hydrogens (primary N) is 1. The third-order valence-electron chi connectivity index (χ3n) is 3.27. The minimum absolute atomic E-state index is 0.430. The highest BCUT2D eigenvalue weighted by Crippen LogP contribution is 2.28. The summed E-state index contributed by atoms with van der Waals surface area (Å²) in [4.78, 5) is 1.71. The number of hydrogen-bond acceptors (Lipinski definition) is 3. The Morgan fingerprint density at radius 2 is 1.86 bits per heavy atom. The Balaban J connectivity index is 1.96. The highest BCUT2D eigenvalue weighted by molar-refractivity contribution is 9.11. The van der Waals surface area contributed by atoms with Crippen molar-refractivity contribution in [2.45, 2.75) is 6.54 Å². The van der Waals surface area contributed by atoms with Crippen molar-refractivity contribution in [2.24, 2.45) is 5.73 Å². The van der Waals surface area contributed by atoms with Crippen LogP contribution in [0.1, 0.15) is 10.4 Å². The van der Waals surface area contributed by atoms with Gasteiger partial charge >= 0.3 is 0 Å². The van der Waals surface area contributed by atoms with Crippen molar-refractivity contribution in [3.63, 3.8) is 0 Å². The SMILES string of the molecule is NC(=S)c1ccc(NCc2ccc(Br)s2)c2ccccc12. The molecule has 0 spiro atoms. The topological polar surface area (TPSA) is 38.0 Å². The van der Waals surface area contributed by atoms with Gasteiger partial charge in [-0.15, -0.1) is 11.3 Å².